The van der Waals surface area contributed by atoms with Crippen LogP contribution >= 0.6 is 0 Å². The number of rotatable bonds is 8. The number of nitrogens with one attached hydrogen (secondary N) is 1. The zero-order valence-electron chi connectivity index (χ0n) is 12.5. The van der Waals surface area contributed by atoms with Crippen molar-refractivity contribution < 1.29 is 9.90 Å². The first-order chi connectivity index (χ1) is 9.56. The molecule has 0 atom stereocenters. The molecule has 4 N–H and O–H groups in total. The number of amides is 1. The second-order valence-electron chi connectivity index (χ2n) is 5.34. The molecule has 1 amide bonds. The molecule has 0 radical (unpaired) electrons. The predicted molar refractivity (Wildman–Crippen MR) is 82.3 cm³/mol. The van der Waals surface area contributed by atoms with E-state index in [0.29, 0.717) is 19.4 Å². The minimum atomic E-state index is -0.193. The number of nitrogen functional groups attached to an aromatic ring is 1. The van der Waals surface area contributed by atoms with Crippen LogP contribution in [0.2, 0.25) is 0 Å². The summed E-state index contributed by atoms with van der Waals surface area (Å²) in [7, 11) is 0. The number of carbonyl (C=O) groups is 1. The van der Waals surface area contributed by atoms with E-state index in [1.54, 1.807) is 0 Å². The molecule has 0 heterocycles. The van der Waals surface area contributed by atoms with Crippen molar-refractivity contribution in [2.75, 3.05) is 18.9 Å². The van der Waals surface area contributed by atoms with Gasteiger partial charge < -0.3 is 16.2 Å². The Bertz CT molecular complexity index is 420. The van der Waals surface area contributed by atoms with E-state index in [2.05, 4.69) is 5.32 Å². The Morgan fingerprint density at radius 3 is 2.50 bits per heavy atom. The van der Waals surface area contributed by atoms with E-state index in [-0.39, 0.29) is 17.9 Å². The van der Waals surface area contributed by atoms with Crippen molar-refractivity contribution in [3.63, 3.8) is 0 Å². The average Bonchev–Trinajstić information content (AvgIpc) is 2.48. The molecule has 0 bridgehead atoms. The van der Waals surface area contributed by atoms with Crippen molar-refractivity contribution in [3.05, 3.63) is 29.8 Å². The number of para-hydroxylation sites is 1. The zero-order valence-corrected chi connectivity index (χ0v) is 12.5. The maximum atomic E-state index is 11.9. The number of benzene rings is 1. The molecule has 0 saturated heterocycles. The average molecular weight is 278 g/mol. The van der Waals surface area contributed by atoms with E-state index < -0.39 is 0 Å². The molecule has 112 valence electrons. The SMILES string of the molecule is CCC(CC)(CO)CNC(=O)CCc1ccccc1N. The van der Waals surface area contributed by atoms with Crippen molar-refractivity contribution in [2.24, 2.45) is 5.41 Å². The molecular weight excluding hydrogens is 252 g/mol. The highest BCUT2D eigenvalue weighted by atomic mass is 16.3. The summed E-state index contributed by atoms with van der Waals surface area (Å²) in [6.45, 7) is 4.71. The summed E-state index contributed by atoms with van der Waals surface area (Å²) in [5.41, 5.74) is 7.39. The number of hydrogen-bond acceptors (Lipinski definition) is 3. The van der Waals surface area contributed by atoms with E-state index in [0.717, 1.165) is 24.1 Å². The van der Waals surface area contributed by atoms with Crippen LogP contribution in [-0.2, 0) is 11.2 Å². The fraction of sp³-hybridized carbons (Fsp3) is 0.562. The molecule has 0 aliphatic rings. The number of carbonyl (C=O) groups excluding carboxylic acids is 1. The van der Waals surface area contributed by atoms with Crippen LogP contribution in [0.1, 0.15) is 38.7 Å². The summed E-state index contributed by atoms with van der Waals surface area (Å²) in [4.78, 5) is 11.9. The van der Waals surface area contributed by atoms with Crippen LogP contribution in [0.3, 0.4) is 0 Å². The first kappa shape index (κ1) is 16.5. The summed E-state index contributed by atoms with van der Waals surface area (Å²) >= 11 is 0. The second-order valence-corrected chi connectivity index (χ2v) is 5.34. The normalized spacial score (nSPS) is 11.3. The quantitative estimate of drug-likeness (QED) is 0.638. The first-order valence-electron chi connectivity index (χ1n) is 7.28. The minimum Gasteiger partial charge on any atom is -0.399 e. The molecule has 0 spiro atoms. The highest BCUT2D eigenvalue weighted by Gasteiger charge is 2.25. The molecule has 0 aliphatic carbocycles. The smallest absolute Gasteiger partial charge is 0.220 e. The van der Waals surface area contributed by atoms with Crippen LogP contribution in [0.15, 0.2) is 24.3 Å². The molecule has 1 aromatic carbocycles. The van der Waals surface area contributed by atoms with Crippen molar-refractivity contribution >= 4 is 11.6 Å². The molecule has 0 fully saturated rings. The van der Waals surface area contributed by atoms with Gasteiger partial charge in [0.15, 0.2) is 0 Å². The predicted octanol–water partition coefficient (Wildman–Crippen LogP) is 2.12. The molecule has 0 aliphatic heterocycles. The number of aryl methyl sites for hydroxylation is 1. The second kappa shape index (κ2) is 7.90. The number of hydrogen-bond donors (Lipinski definition) is 3. The Labute approximate surface area is 121 Å². The maximum Gasteiger partial charge on any atom is 0.220 e. The maximum absolute atomic E-state index is 11.9. The molecule has 1 rings (SSSR count). The van der Waals surface area contributed by atoms with Crippen LogP contribution in [-0.4, -0.2) is 24.2 Å². The van der Waals surface area contributed by atoms with E-state index in [9.17, 15) is 9.90 Å². The minimum absolute atomic E-state index is 0.00739. The molecule has 0 unspecified atom stereocenters. The standard InChI is InChI=1S/C16H26N2O2/c1-3-16(4-2,12-19)11-18-15(20)10-9-13-7-5-6-8-14(13)17/h5-8,19H,3-4,9-12,17H2,1-2H3,(H,18,20). The lowest BCUT2D eigenvalue weighted by Gasteiger charge is -2.29. The van der Waals surface area contributed by atoms with Crippen molar-refractivity contribution in [2.45, 2.75) is 39.5 Å². The lowest BCUT2D eigenvalue weighted by molar-refractivity contribution is -0.121. The van der Waals surface area contributed by atoms with E-state index in [1.807, 2.05) is 38.1 Å². The molecule has 4 nitrogen and oxygen atoms in total. The number of nitrogens with two attached hydrogens (primary N) is 1. The molecule has 20 heavy (non-hydrogen) atoms. The highest BCUT2D eigenvalue weighted by Crippen LogP contribution is 2.24. The molecule has 0 saturated carbocycles. The monoisotopic (exact) mass is 278 g/mol. The lowest BCUT2D eigenvalue weighted by atomic mass is 9.83. The van der Waals surface area contributed by atoms with Crippen LogP contribution in [0, 0.1) is 5.41 Å². The summed E-state index contributed by atoms with van der Waals surface area (Å²) in [5.74, 6) is 0.00739. The Morgan fingerprint density at radius 1 is 1.30 bits per heavy atom. The Hall–Kier alpha value is -1.55. The third-order valence-electron chi connectivity index (χ3n) is 4.17. The van der Waals surface area contributed by atoms with Crippen LogP contribution in [0.4, 0.5) is 5.69 Å². The van der Waals surface area contributed by atoms with E-state index in [4.69, 9.17) is 5.73 Å². The van der Waals surface area contributed by atoms with Gasteiger partial charge in [-0.25, -0.2) is 0 Å². The summed E-state index contributed by atoms with van der Waals surface area (Å²) in [6, 6.07) is 7.60. The lowest BCUT2D eigenvalue weighted by Crippen LogP contribution is -2.39. The van der Waals surface area contributed by atoms with Gasteiger partial charge in [0.25, 0.3) is 0 Å². The third kappa shape index (κ3) is 4.53. The van der Waals surface area contributed by atoms with Gasteiger partial charge in [-0.3, -0.25) is 4.79 Å². The van der Waals surface area contributed by atoms with Gasteiger partial charge in [0, 0.05) is 24.1 Å². The summed E-state index contributed by atoms with van der Waals surface area (Å²) in [5, 5.41) is 12.4. The van der Waals surface area contributed by atoms with Gasteiger partial charge in [-0.05, 0) is 30.9 Å². The van der Waals surface area contributed by atoms with Gasteiger partial charge in [-0.1, -0.05) is 32.0 Å². The van der Waals surface area contributed by atoms with Crippen LogP contribution in [0.25, 0.3) is 0 Å². The highest BCUT2D eigenvalue weighted by molar-refractivity contribution is 5.76. The Kier molecular flexibility index (Phi) is 6.52. The largest absolute Gasteiger partial charge is 0.399 e. The van der Waals surface area contributed by atoms with Crippen molar-refractivity contribution in [3.8, 4) is 0 Å². The van der Waals surface area contributed by atoms with E-state index >= 15 is 0 Å². The third-order valence-corrected chi connectivity index (χ3v) is 4.17. The van der Waals surface area contributed by atoms with Gasteiger partial charge >= 0.3 is 0 Å². The molecule has 1 aromatic rings. The summed E-state index contributed by atoms with van der Waals surface area (Å²) in [6.07, 6.45) is 2.77. The topological polar surface area (TPSA) is 75.3 Å². The molecule has 0 aromatic heterocycles. The van der Waals surface area contributed by atoms with Crippen LogP contribution in [0.5, 0.6) is 0 Å². The fourth-order valence-electron chi connectivity index (χ4n) is 2.16. The number of aliphatic hydroxyl groups excluding tert-OH is 1. The Morgan fingerprint density at radius 2 is 1.95 bits per heavy atom. The van der Waals surface area contributed by atoms with E-state index in [1.165, 1.54) is 0 Å². The van der Waals surface area contributed by atoms with Gasteiger partial charge in [-0.15, -0.1) is 0 Å². The summed E-state index contributed by atoms with van der Waals surface area (Å²) < 4.78 is 0. The number of anilines is 1. The van der Waals surface area contributed by atoms with Gasteiger partial charge in [0.1, 0.15) is 0 Å². The van der Waals surface area contributed by atoms with Crippen molar-refractivity contribution in [1.29, 1.82) is 0 Å². The van der Waals surface area contributed by atoms with Gasteiger partial charge in [0.2, 0.25) is 5.91 Å². The number of aliphatic hydroxyl groups is 1. The van der Waals surface area contributed by atoms with Gasteiger partial charge in [0.05, 0.1) is 6.61 Å². The van der Waals surface area contributed by atoms with Crippen LogP contribution < -0.4 is 11.1 Å². The van der Waals surface area contributed by atoms with Gasteiger partial charge in [-0.2, -0.15) is 0 Å². The molecular formula is C16H26N2O2. The Balaban J connectivity index is 2.43. The molecule has 4 heteroatoms. The zero-order chi connectivity index (χ0) is 15.0. The fourth-order valence-corrected chi connectivity index (χ4v) is 2.16. The first-order valence-corrected chi connectivity index (χ1v) is 7.28. The van der Waals surface area contributed by atoms with Crippen molar-refractivity contribution in [1.82, 2.24) is 5.32 Å².